The van der Waals surface area contributed by atoms with Crippen molar-refractivity contribution in [3.63, 3.8) is 0 Å². The summed E-state index contributed by atoms with van der Waals surface area (Å²) >= 11 is 0. The molecule has 29 heavy (non-hydrogen) atoms. The van der Waals surface area contributed by atoms with Crippen LogP contribution in [0, 0.1) is 0 Å². The number of aromatic amines is 1. The third-order valence-electron chi connectivity index (χ3n) is 4.73. The Morgan fingerprint density at radius 2 is 1.86 bits per heavy atom. The molecule has 1 aliphatic carbocycles. The highest BCUT2D eigenvalue weighted by atomic mass is 32.2. The molecule has 1 fully saturated rings. The monoisotopic (exact) mass is 435 g/mol. The number of alkyl halides is 3. The van der Waals surface area contributed by atoms with Crippen LogP contribution in [0.1, 0.15) is 42.7 Å². The van der Waals surface area contributed by atoms with Gasteiger partial charge in [-0.1, -0.05) is 6.07 Å². The number of tetrazole rings is 1. The fourth-order valence-corrected chi connectivity index (χ4v) is 3.46. The number of halogens is 3. The van der Waals surface area contributed by atoms with Gasteiger partial charge in [0.2, 0.25) is 0 Å². The van der Waals surface area contributed by atoms with Crippen molar-refractivity contribution in [1.29, 1.82) is 0 Å². The molecule has 0 aliphatic heterocycles. The number of benzene rings is 1. The Morgan fingerprint density at radius 3 is 2.38 bits per heavy atom. The van der Waals surface area contributed by atoms with Gasteiger partial charge in [-0.25, -0.2) is 18.7 Å². The first-order chi connectivity index (χ1) is 13.7. The minimum Gasteiger partial charge on any atom is -0.329 e. The third kappa shape index (κ3) is 7.03. The lowest BCUT2D eigenvalue weighted by molar-refractivity contribution is -0.137. The van der Waals surface area contributed by atoms with Crippen LogP contribution in [0.2, 0.25) is 0 Å². The van der Waals surface area contributed by atoms with Crippen molar-refractivity contribution < 1.29 is 21.6 Å². The van der Waals surface area contributed by atoms with Crippen LogP contribution >= 0.6 is 0 Å². The molecule has 0 amide bonds. The maximum atomic E-state index is 13.1. The second-order valence-corrected chi connectivity index (χ2v) is 7.20. The van der Waals surface area contributed by atoms with E-state index in [1.54, 1.807) is 6.07 Å². The summed E-state index contributed by atoms with van der Waals surface area (Å²) in [5.41, 5.74) is 6.11. The summed E-state index contributed by atoms with van der Waals surface area (Å²) in [7, 11) is -2.62. The smallest absolute Gasteiger partial charge is 0.329 e. The van der Waals surface area contributed by atoms with Crippen LogP contribution < -0.4 is 16.2 Å². The molecule has 1 saturated carbocycles. The van der Waals surface area contributed by atoms with Crippen LogP contribution in [0.5, 0.6) is 0 Å². The van der Waals surface area contributed by atoms with Gasteiger partial charge in [-0.05, 0) is 59.7 Å². The highest BCUT2D eigenvalue weighted by Crippen LogP contribution is 2.40. The second-order valence-electron chi connectivity index (χ2n) is 6.63. The number of thiol groups is 1. The van der Waals surface area contributed by atoms with Crippen LogP contribution in [0.15, 0.2) is 18.2 Å². The lowest BCUT2D eigenvalue weighted by Crippen LogP contribution is -2.36. The van der Waals surface area contributed by atoms with Gasteiger partial charge in [-0.15, -0.1) is 5.10 Å². The SMILES string of the molecule is NCCNC1CCC(c2ccc(C(F)(F)F)cc2-c2nnn[nH]2)CC1.N[SH](=O)=O. The van der Waals surface area contributed by atoms with Crippen LogP contribution in [0.25, 0.3) is 11.4 Å². The Morgan fingerprint density at radius 1 is 1.21 bits per heavy atom. The molecule has 0 bridgehead atoms. The molecule has 0 atom stereocenters. The zero-order valence-electron chi connectivity index (χ0n) is 15.5. The summed E-state index contributed by atoms with van der Waals surface area (Å²) in [4.78, 5) is 0. The molecule has 162 valence electrons. The Balaban J connectivity index is 0.000000687. The van der Waals surface area contributed by atoms with Gasteiger partial charge in [-0.2, -0.15) is 13.2 Å². The van der Waals surface area contributed by atoms with Crippen molar-refractivity contribution in [3.8, 4) is 11.4 Å². The average Bonchev–Trinajstić information content (AvgIpc) is 3.20. The number of aromatic nitrogens is 4. The first-order valence-electron chi connectivity index (χ1n) is 9.00. The van der Waals surface area contributed by atoms with Crippen LogP contribution in [-0.4, -0.2) is 48.2 Å². The van der Waals surface area contributed by atoms with E-state index < -0.39 is 22.6 Å². The van der Waals surface area contributed by atoms with E-state index >= 15 is 0 Å². The molecule has 6 N–H and O–H groups in total. The van der Waals surface area contributed by atoms with Crippen molar-refractivity contribution >= 4 is 10.9 Å². The number of hydrogen-bond acceptors (Lipinski definition) is 7. The molecular weight excluding hydrogens is 411 g/mol. The van der Waals surface area contributed by atoms with E-state index in [1.807, 2.05) is 0 Å². The molecule has 2 aromatic rings. The lowest BCUT2D eigenvalue weighted by atomic mass is 9.79. The predicted octanol–water partition coefficient (Wildman–Crippen LogP) is 0.931. The Hall–Kier alpha value is -2.09. The molecule has 0 unspecified atom stereocenters. The van der Waals surface area contributed by atoms with E-state index in [0.717, 1.165) is 49.9 Å². The second kappa shape index (κ2) is 10.6. The molecule has 0 saturated heterocycles. The average molecular weight is 435 g/mol. The highest BCUT2D eigenvalue weighted by molar-refractivity contribution is 7.69. The summed E-state index contributed by atoms with van der Waals surface area (Å²) in [5, 5.41) is 20.9. The maximum Gasteiger partial charge on any atom is 0.416 e. The summed E-state index contributed by atoms with van der Waals surface area (Å²) in [5.74, 6) is 0.461. The first kappa shape index (κ1) is 23.2. The van der Waals surface area contributed by atoms with Gasteiger partial charge in [-0.3, -0.25) is 0 Å². The summed E-state index contributed by atoms with van der Waals surface area (Å²) < 4.78 is 56.8. The molecule has 1 aliphatic rings. The van der Waals surface area contributed by atoms with Gasteiger partial charge in [0, 0.05) is 24.7 Å². The topological polar surface area (TPSA) is 153 Å². The molecule has 1 aromatic heterocycles. The molecule has 13 heteroatoms. The van der Waals surface area contributed by atoms with E-state index in [2.05, 4.69) is 31.1 Å². The fourth-order valence-electron chi connectivity index (χ4n) is 3.46. The van der Waals surface area contributed by atoms with E-state index in [9.17, 15) is 13.2 Å². The minimum absolute atomic E-state index is 0.193. The van der Waals surface area contributed by atoms with Crippen LogP contribution in [0.3, 0.4) is 0 Å². The standard InChI is InChI=1S/C16H21F3N6.H3NO2S/c17-16(18,19)11-3-6-13(14(9-11)15-22-24-25-23-15)10-1-4-12(5-2-10)21-8-7-20;1-4(2)3/h3,6,9-10,12,21H,1-2,4-5,7-8,20H2,(H,22,23,24,25);4H,(H2,1,2,3). The Labute approximate surface area is 167 Å². The molecule has 0 spiro atoms. The van der Waals surface area contributed by atoms with Gasteiger partial charge < -0.3 is 11.1 Å². The molecule has 1 aromatic carbocycles. The quantitative estimate of drug-likeness (QED) is 0.438. The number of nitrogens with zero attached hydrogens (tertiary/aromatic N) is 3. The molecule has 3 rings (SSSR count). The summed E-state index contributed by atoms with van der Waals surface area (Å²) in [6.07, 6.45) is -0.644. The van der Waals surface area contributed by atoms with Crippen LogP contribution in [0.4, 0.5) is 13.2 Å². The fraction of sp³-hybridized carbons (Fsp3) is 0.562. The third-order valence-corrected chi connectivity index (χ3v) is 4.73. The van der Waals surface area contributed by atoms with E-state index in [-0.39, 0.29) is 11.7 Å². The van der Waals surface area contributed by atoms with E-state index in [0.29, 0.717) is 18.2 Å². The van der Waals surface area contributed by atoms with Gasteiger partial charge in [0.15, 0.2) is 16.7 Å². The molecular formula is C16H24F3N7O2S. The summed E-state index contributed by atoms with van der Waals surface area (Å²) in [6.45, 7) is 1.38. The first-order valence-corrected chi connectivity index (χ1v) is 10.2. The zero-order valence-corrected chi connectivity index (χ0v) is 16.4. The highest BCUT2D eigenvalue weighted by Gasteiger charge is 2.33. The number of rotatable bonds is 5. The number of nitrogens with two attached hydrogens (primary N) is 2. The van der Waals surface area contributed by atoms with Gasteiger partial charge in [0.05, 0.1) is 5.56 Å². The van der Waals surface area contributed by atoms with Gasteiger partial charge in [0.1, 0.15) is 0 Å². The zero-order chi connectivity index (χ0) is 21.4. The molecule has 1 heterocycles. The van der Waals surface area contributed by atoms with E-state index in [4.69, 9.17) is 14.2 Å². The van der Waals surface area contributed by atoms with E-state index in [1.165, 1.54) is 0 Å². The maximum absolute atomic E-state index is 13.1. The molecule has 0 radical (unpaired) electrons. The molecule has 9 nitrogen and oxygen atoms in total. The van der Waals surface area contributed by atoms with Crippen molar-refractivity contribution in [1.82, 2.24) is 25.9 Å². The van der Waals surface area contributed by atoms with Gasteiger partial charge >= 0.3 is 6.18 Å². The lowest BCUT2D eigenvalue weighted by Gasteiger charge is -2.30. The largest absolute Gasteiger partial charge is 0.416 e. The number of nitrogens with one attached hydrogen (secondary N) is 2. The van der Waals surface area contributed by atoms with Crippen molar-refractivity contribution in [3.05, 3.63) is 29.3 Å². The Bertz CT molecular complexity index is 828. The van der Waals surface area contributed by atoms with Crippen molar-refractivity contribution in [2.75, 3.05) is 13.1 Å². The number of hydrogen-bond donors (Lipinski definition) is 5. The van der Waals surface area contributed by atoms with Crippen molar-refractivity contribution in [2.45, 2.75) is 43.8 Å². The van der Waals surface area contributed by atoms with Gasteiger partial charge in [0.25, 0.3) is 0 Å². The van der Waals surface area contributed by atoms with Crippen LogP contribution in [-0.2, 0) is 17.1 Å². The van der Waals surface area contributed by atoms with Crippen molar-refractivity contribution in [2.24, 2.45) is 10.9 Å². The normalized spacial score (nSPS) is 19.7. The predicted molar refractivity (Wildman–Crippen MR) is 101 cm³/mol. The summed E-state index contributed by atoms with van der Waals surface area (Å²) in [6, 6.07) is 4.26. The minimum atomic E-state index is -4.40. The Kier molecular flexibility index (Phi) is 8.49. The number of H-pyrrole nitrogens is 1.